The molecule has 0 saturated carbocycles. The summed E-state index contributed by atoms with van der Waals surface area (Å²) in [5.74, 6) is -0.175. The lowest BCUT2D eigenvalue weighted by molar-refractivity contribution is 0.0939. The summed E-state index contributed by atoms with van der Waals surface area (Å²) in [5.41, 5.74) is 3.54. The van der Waals surface area contributed by atoms with Crippen molar-refractivity contribution in [3.05, 3.63) is 58.9 Å². The lowest BCUT2D eigenvalue weighted by atomic mass is 10.1. The van der Waals surface area contributed by atoms with Crippen LogP contribution < -0.4 is 5.32 Å². The van der Waals surface area contributed by atoms with Gasteiger partial charge < -0.3 is 5.32 Å². The van der Waals surface area contributed by atoms with Gasteiger partial charge in [0.2, 0.25) is 0 Å². The monoisotopic (exact) mass is 347 g/mol. The Kier molecular flexibility index (Phi) is 4.72. The number of fused-ring (bicyclic) bond motifs is 1. The number of aromatic nitrogens is 3. The number of benzene rings is 1. The van der Waals surface area contributed by atoms with Crippen LogP contribution in [-0.4, -0.2) is 20.7 Å². The Hall–Kier alpha value is -3.20. The molecule has 0 fully saturated rings. The highest BCUT2D eigenvalue weighted by Gasteiger charge is 2.17. The van der Waals surface area contributed by atoms with Crippen LogP contribution in [0.3, 0.4) is 0 Å². The molecule has 1 N–H and O–H groups in total. The standard InChI is InChI=1S/C20H21N5O/c1-12(2)25-19-17(11-22-25)9-18(14(4)23-19)20(26)24-13(3)16-7-5-15(10-21)6-8-16/h5-9,11-13H,1-4H3,(H,24,26). The zero-order valence-electron chi connectivity index (χ0n) is 15.3. The Morgan fingerprint density at radius 1 is 1.23 bits per heavy atom. The SMILES string of the molecule is Cc1nc2c(cnn2C(C)C)cc1C(=O)NC(C)c1ccc(C#N)cc1. The molecule has 3 aromatic rings. The van der Waals surface area contributed by atoms with Gasteiger partial charge in [0, 0.05) is 11.4 Å². The molecule has 1 amide bonds. The van der Waals surface area contributed by atoms with Crippen LogP contribution in [0.1, 0.15) is 60.0 Å². The highest BCUT2D eigenvalue weighted by Crippen LogP contribution is 2.20. The fourth-order valence-corrected chi connectivity index (χ4v) is 2.88. The minimum Gasteiger partial charge on any atom is -0.345 e. The number of pyridine rings is 1. The molecule has 0 saturated heterocycles. The number of nitrogens with zero attached hydrogens (tertiary/aromatic N) is 4. The van der Waals surface area contributed by atoms with Crippen molar-refractivity contribution in [2.45, 2.75) is 39.8 Å². The van der Waals surface area contributed by atoms with E-state index in [1.165, 1.54) is 0 Å². The predicted octanol–water partition coefficient (Wildman–Crippen LogP) is 3.68. The third kappa shape index (κ3) is 3.29. The van der Waals surface area contributed by atoms with E-state index in [-0.39, 0.29) is 18.0 Å². The van der Waals surface area contributed by atoms with E-state index in [1.54, 1.807) is 18.3 Å². The summed E-state index contributed by atoms with van der Waals surface area (Å²) >= 11 is 0. The Morgan fingerprint density at radius 2 is 1.92 bits per heavy atom. The average molecular weight is 347 g/mol. The molecule has 3 rings (SSSR count). The van der Waals surface area contributed by atoms with Crippen LogP contribution in [0.25, 0.3) is 11.0 Å². The molecule has 1 aromatic carbocycles. The quantitative estimate of drug-likeness (QED) is 0.780. The first-order valence-corrected chi connectivity index (χ1v) is 8.56. The smallest absolute Gasteiger partial charge is 0.253 e. The molecule has 0 aliphatic rings. The third-order valence-electron chi connectivity index (χ3n) is 4.38. The number of carbonyl (C=O) groups excluding carboxylic acids is 1. The predicted molar refractivity (Wildman–Crippen MR) is 99.7 cm³/mol. The number of hydrogen-bond acceptors (Lipinski definition) is 4. The Bertz CT molecular complexity index is 995. The molecule has 6 nitrogen and oxygen atoms in total. The van der Waals surface area contributed by atoms with Crippen LogP contribution >= 0.6 is 0 Å². The van der Waals surface area contributed by atoms with E-state index in [0.29, 0.717) is 16.8 Å². The highest BCUT2D eigenvalue weighted by molar-refractivity contribution is 5.98. The van der Waals surface area contributed by atoms with Crippen LogP contribution in [0.5, 0.6) is 0 Å². The summed E-state index contributed by atoms with van der Waals surface area (Å²) in [4.78, 5) is 17.3. The van der Waals surface area contributed by atoms with Crippen molar-refractivity contribution in [2.24, 2.45) is 0 Å². The molecule has 0 radical (unpaired) electrons. The lowest BCUT2D eigenvalue weighted by Crippen LogP contribution is -2.27. The van der Waals surface area contributed by atoms with Gasteiger partial charge in [0.15, 0.2) is 5.65 Å². The first kappa shape index (κ1) is 17.6. The molecular formula is C20H21N5O. The zero-order chi connectivity index (χ0) is 18.8. The van der Waals surface area contributed by atoms with Crippen molar-refractivity contribution in [3.63, 3.8) is 0 Å². The summed E-state index contributed by atoms with van der Waals surface area (Å²) in [6.07, 6.45) is 1.74. The summed E-state index contributed by atoms with van der Waals surface area (Å²) in [5, 5.41) is 17.1. The van der Waals surface area contributed by atoms with Crippen LogP contribution in [0.15, 0.2) is 36.5 Å². The first-order valence-electron chi connectivity index (χ1n) is 8.56. The van der Waals surface area contributed by atoms with Gasteiger partial charge in [-0.05, 0) is 51.5 Å². The van der Waals surface area contributed by atoms with E-state index < -0.39 is 0 Å². The normalized spacial score (nSPS) is 12.2. The summed E-state index contributed by atoms with van der Waals surface area (Å²) < 4.78 is 1.85. The Labute approximate surface area is 152 Å². The number of amides is 1. The van der Waals surface area contributed by atoms with E-state index in [9.17, 15) is 4.79 Å². The van der Waals surface area contributed by atoms with Gasteiger partial charge in [-0.2, -0.15) is 10.4 Å². The maximum absolute atomic E-state index is 12.7. The summed E-state index contributed by atoms with van der Waals surface area (Å²) in [7, 11) is 0. The maximum Gasteiger partial charge on any atom is 0.253 e. The zero-order valence-corrected chi connectivity index (χ0v) is 15.3. The summed E-state index contributed by atoms with van der Waals surface area (Å²) in [6.45, 7) is 7.84. The first-order chi connectivity index (χ1) is 12.4. The fraction of sp³-hybridized carbons (Fsp3) is 0.300. The topological polar surface area (TPSA) is 83.6 Å². The Morgan fingerprint density at radius 3 is 2.54 bits per heavy atom. The molecule has 6 heteroatoms. The van der Waals surface area contributed by atoms with E-state index >= 15 is 0 Å². The molecule has 2 aromatic heterocycles. The van der Waals surface area contributed by atoms with Crippen LogP contribution in [0.2, 0.25) is 0 Å². The van der Waals surface area contributed by atoms with Gasteiger partial charge >= 0.3 is 0 Å². The third-order valence-corrected chi connectivity index (χ3v) is 4.38. The van der Waals surface area contributed by atoms with Crippen molar-refractivity contribution in [2.75, 3.05) is 0 Å². The van der Waals surface area contributed by atoms with Gasteiger partial charge in [-0.1, -0.05) is 12.1 Å². The molecule has 1 unspecified atom stereocenters. The van der Waals surface area contributed by atoms with E-state index in [4.69, 9.17) is 5.26 Å². The van der Waals surface area contributed by atoms with E-state index in [1.807, 2.05) is 50.6 Å². The van der Waals surface area contributed by atoms with E-state index in [0.717, 1.165) is 16.6 Å². The molecular weight excluding hydrogens is 326 g/mol. The molecule has 0 aliphatic heterocycles. The van der Waals surface area contributed by atoms with E-state index in [2.05, 4.69) is 21.5 Å². The van der Waals surface area contributed by atoms with Crippen LogP contribution in [-0.2, 0) is 0 Å². The lowest BCUT2D eigenvalue weighted by Gasteiger charge is -2.15. The van der Waals surface area contributed by atoms with Crippen LogP contribution in [0.4, 0.5) is 0 Å². The van der Waals surface area contributed by atoms with Gasteiger partial charge in [0.25, 0.3) is 5.91 Å². The number of aryl methyl sites for hydroxylation is 1. The number of hydrogen-bond donors (Lipinski definition) is 1. The molecule has 0 aliphatic carbocycles. The largest absolute Gasteiger partial charge is 0.345 e. The molecule has 1 atom stereocenters. The van der Waals surface area contributed by atoms with Crippen molar-refractivity contribution in [1.29, 1.82) is 5.26 Å². The Balaban J connectivity index is 1.85. The van der Waals surface area contributed by atoms with Crippen molar-refractivity contribution in [3.8, 4) is 6.07 Å². The second kappa shape index (κ2) is 6.96. The van der Waals surface area contributed by atoms with Gasteiger partial charge in [0.05, 0.1) is 35.1 Å². The maximum atomic E-state index is 12.7. The molecule has 0 bridgehead atoms. The second-order valence-corrected chi connectivity index (χ2v) is 6.65. The van der Waals surface area contributed by atoms with Gasteiger partial charge in [-0.25, -0.2) is 9.67 Å². The number of rotatable bonds is 4. The molecule has 0 spiro atoms. The molecule has 2 heterocycles. The van der Waals surface area contributed by atoms with Gasteiger partial charge in [0.1, 0.15) is 0 Å². The minimum absolute atomic E-state index is 0.175. The van der Waals surface area contributed by atoms with Gasteiger partial charge in [-0.3, -0.25) is 4.79 Å². The minimum atomic E-state index is -0.177. The van der Waals surface area contributed by atoms with Crippen molar-refractivity contribution < 1.29 is 4.79 Å². The number of nitriles is 1. The highest BCUT2D eigenvalue weighted by atomic mass is 16.1. The number of carbonyl (C=O) groups is 1. The van der Waals surface area contributed by atoms with Crippen molar-refractivity contribution >= 4 is 16.9 Å². The molecule has 132 valence electrons. The number of nitrogens with one attached hydrogen (secondary N) is 1. The summed E-state index contributed by atoms with van der Waals surface area (Å²) in [6, 6.07) is 11.2. The fourth-order valence-electron chi connectivity index (χ4n) is 2.88. The average Bonchev–Trinajstić information content (AvgIpc) is 3.03. The molecule has 26 heavy (non-hydrogen) atoms. The second-order valence-electron chi connectivity index (χ2n) is 6.65. The van der Waals surface area contributed by atoms with Crippen LogP contribution in [0, 0.1) is 18.3 Å². The van der Waals surface area contributed by atoms with Crippen molar-refractivity contribution in [1.82, 2.24) is 20.1 Å². The van der Waals surface area contributed by atoms with Gasteiger partial charge in [-0.15, -0.1) is 0 Å².